The van der Waals surface area contributed by atoms with Crippen molar-refractivity contribution < 1.29 is 4.74 Å². The number of pyridine rings is 1. The first-order chi connectivity index (χ1) is 22.9. The zero-order chi connectivity index (χ0) is 32.5. The van der Waals surface area contributed by atoms with E-state index in [1.54, 1.807) is 0 Å². The molecule has 0 spiro atoms. The summed E-state index contributed by atoms with van der Waals surface area (Å²) < 4.78 is 10.7. The molecule has 0 N–H and O–H groups in total. The van der Waals surface area contributed by atoms with E-state index >= 15 is 0 Å². The van der Waals surface area contributed by atoms with Crippen molar-refractivity contribution in [2.45, 2.75) is 66.2 Å². The summed E-state index contributed by atoms with van der Waals surface area (Å²) in [5, 5.41) is 7.20. The molecule has 0 radical (unpaired) electrons. The molecule has 5 nitrogen and oxygen atoms in total. The summed E-state index contributed by atoms with van der Waals surface area (Å²) in [6, 6.07) is 31.9. The van der Waals surface area contributed by atoms with Crippen LogP contribution in [0, 0.1) is 6.92 Å². The molecule has 0 bridgehead atoms. The molecule has 0 amide bonds. The SMILES string of the molecule is CCCc1cc(C(C)C)cc(CCC)c1-c1cnn(-c2cccc(Oc3ccc4c5ccccc5n(-c5cc(C)ccn5)c4c3)c2)c1. The fourth-order valence-electron chi connectivity index (χ4n) is 6.75. The topological polar surface area (TPSA) is 44.9 Å². The van der Waals surface area contributed by atoms with Crippen LogP contribution in [0.1, 0.15) is 68.7 Å². The Balaban J connectivity index is 1.23. The van der Waals surface area contributed by atoms with Crippen LogP contribution in [0.3, 0.4) is 0 Å². The van der Waals surface area contributed by atoms with E-state index in [4.69, 9.17) is 14.8 Å². The van der Waals surface area contributed by atoms with Crippen LogP contribution in [-0.2, 0) is 12.8 Å². The van der Waals surface area contributed by atoms with Gasteiger partial charge in [-0.25, -0.2) is 9.67 Å². The summed E-state index contributed by atoms with van der Waals surface area (Å²) >= 11 is 0. The van der Waals surface area contributed by atoms with Gasteiger partial charge in [0, 0.05) is 40.9 Å². The van der Waals surface area contributed by atoms with Gasteiger partial charge in [0.1, 0.15) is 17.3 Å². The van der Waals surface area contributed by atoms with Gasteiger partial charge in [0.15, 0.2) is 0 Å². The van der Waals surface area contributed by atoms with Gasteiger partial charge in [0.25, 0.3) is 0 Å². The molecule has 0 saturated heterocycles. The molecule has 4 aromatic carbocycles. The Bertz CT molecular complexity index is 2180. The number of hydrogen-bond donors (Lipinski definition) is 0. The van der Waals surface area contributed by atoms with Gasteiger partial charge in [0.05, 0.1) is 22.9 Å². The highest BCUT2D eigenvalue weighted by atomic mass is 16.5. The zero-order valence-electron chi connectivity index (χ0n) is 28.0. The van der Waals surface area contributed by atoms with Crippen LogP contribution >= 0.6 is 0 Å². The molecule has 3 aromatic heterocycles. The molecule has 0 fully saturated rings. The summed E-state index contributed by atoms with van der Waals surface area (Å²) in [5.74, 6) is 2.93. The molecule has 236 valence electrons. The molecule has 0 aliphatic rings. The summed E-state index contributed by atoms with van der Waals surface area (Å²) in [4.78, 5) is 4.72. The van der Waals surface area contributed by atoms with Crippen molar-refractivity contribution in [1.82, 2.24) is 19.3 Å². The van der Waals surface area contributed by atoms with Crippen LogP contribution in [0.25, 0.3) is 44.4 Å². The second-order valence-electron chi connectivity index (χ2n) is 12.9. The van der Waals surface area contributed by atoms with E-state index in [1.165, 1.54) is 44.2 Å². The number of rotatable bonds is 10. The van der Waals surface area contributed by atoms with Crippen molar-refractivity contribution in [1.29, 1.82) is 0 Å². The Morgan fingerprint density at radius 2 is 1.49 bits per heavy atom. The molecule has 47 heavy (non-hydrogen) atoms. The molecule has 0 atom stereocenters. The minimum absolute atomic E-state index is 0.504. The monoisotopic (exact) mass is 618 g/mol. The summed E-state index contributed by atoms with van der Waals surface area (Å²) in [6.45, 7) is 11.2. The van der Waals surface area contributed by atoms with Crippen LogP contribution < -0.4 is 4.74 Å². The summed E-state index contributed by atoms with van der Waals surface area (Å²) in [7, 11) is 0. The molecule has 0 aliphatic carbocycles. The van der Waals surface area contributed by atoms with E-state index in [0.29, 0.717) is 5.92 Å². The van der Waals surface area contributed by atoms with Gasteiger partial charge in [0.2, 0.25) is 0 Å². The molecule has 5 heteroatoms. The lowest BCUT2D eigenvalue weighted by Gasteiger charge is -2.18. The van der Waals surface area contributed by atoms with Crippen molar-refractivity contribution >= 4 is 21.8 Å². The third-order valence-corrected chi connectivity index (χ3v) is 8.99. The van der Waals surface area contributed by atoms with Crippen LogP contribution in [-0.4, -0.2) is 19.3 Å². The molecular weight excluding hydrogens is 576 g/mol. The maximum Gasteiger partial charge on any atom is 0.137 e. The lowest BCUT2D eigenvalue weighted by molar-refractivity contribution is 0.483. The second-order valence-corrected chi connectivity index (χ2v) is 12.9. The predicted octanol–water partition coefficient (Wildman–Crippen LogP) is 11.2. The van der Waals surface area contributed by atoms with Gasteiger partial charge in [-0.2, -0.15) is 5.10 Å². The first-order valence-electron chi connectivity index (χ1n) is 16.9. The number of nitrogens with zero attached hydrogens (tertiary/aromatic N) is 4. The largest absolute Gasteiger partial charge is 0.457 e. The van der Waals surface area contributed by atoms with Crippen LogP contribution in [0.15, 0.2) is 110 Å². The van der Waals surface area contributed by atoms with Crippen molar-refractivity contribution in [3.05, 3.63) is 132 Å². The smallest absolute Gasteiger partial charge is 0.137 e. The molecule has 3 heterocycles. The van der Waals surface area contributed by atoms with Crippen molar-refractivity contribution in [2.24, 2.45) is 0 Å². The van der Waals surface area contributed by atoms with Gasteiger partial charge in [-0.3, -0.25) is 4.57 Å². The van der Waals surface area contributed by atoms with E-state index in [1.807, 2.05) is 41.3 Å². The fourth-order valence-corrected chi connectivity index (χ4v) is 6.75. The predicted molar refractivity (Wildman–Crippen MR) is 194 cm³/mol. The molecule has 7 rings (SSSR count). The number of aryl methyl sites for hydroxylation is 3. The van der Waals surface area contributed by atoms with Crippen molar-refractivity contribution in [2.75, 3.05) is 0 Å². The highest BCUT2D eigenvalue weighted by Gasteiger charge is 2.17. The number of para-hydroxylation sites is 1. The van der Waals surface area contributed by atoms with Crippen LogP contribution in [0.4, 0.5) is 0 Å². The molecule has 0 aliphatic heterocycles. The van der Waals surface area contributed by atoms with E-state index in [0.717, 1.165) is 59.7 Å². The molecular formula is C42H42N4O. The summed E-state index contributed by atoms with van der Waals surface area (Å²) in [5.41, 5.74) is 11.1. The Hall–Kier alpha value is -5.16. The number of ether oxygens (including phenoxy) is 1. The first-order valence-corrected chi connectivity index (χ1v) is 16.9. The van der Waals surface area contributed by atoms with E-state index in [-0.39, 0.29) is 0 Å². The quantitative estimate of drug-likeness (QED) is 0.153. The van der Waals surface area contributed by atoms with Crippen molar-refractivity contribution in [3.63, 3.8) is 0 Å². The summed E-state index contributed by atoms with van der Waals surface area (Å²) in [6.07, 6.45) is 10.4. The Morgan fingerprint density at radius 1 is 0.745 bits per heavy atom. The van der Waals surface area contributed by atoms with Crippen molar-refractivity contribution in [3.8, 4) is 34.1 Å². The average Bonchev–Trinajstić information content (AvgIpc) is 3.68. The minimum atomic E-state index is 0.504. The van der Waals surface area contributed by atoms with Gasteiger partial charge in [-0.15, -0.1) is 0 Å². The minimum Gasteiger partial charge on any atom is -0.457 e. The molecule has 7 aromatic rings. The Labute approximate surface area is 277 Å². The fraction of sp³-hybridized carbons (Fsp3) is 0.238. The highest BCUT2D eigenvalue weighted by molar-refractivity contribution is 6.09. The van der Waals surface area contributed by atoms with E-state index in [9.17, 15) is 0 Å². The number of hydrogen-bond acceptors (Lipinski definition) is 3. The normalized spacial score (nSPS) is 11.6. The average molecular weight is 619 g/mol. The first kappa shape index (κ1) is 30.5. The Kier molecular flexibility index (Phi) is 8.38. The van der Waals surface area contributed by atoms with Gasteiger partial charge < -0.3 is 4.74 Å². The lowest BCUT2D eigenvalue weighted by Crippen LogP contribution is -2.01. The molecule has 0 unspecified atom stereocenters. The number of benzene rings is 4. The van der Waals surface area contributed by atoms with Crippen LogP contribution in [0.5, 0.6) is 11.5 Å². The molecule has 0 saturated carbocycles. The zero-order valence-corrected chi connectivity index (χ0v) is 28.0. The number of fused-ring (bicyclic) bond motifs is 3. The van der Waals surface area contributed by atoms with E-state index < -0.39 is 0 Å². The van der Waals surface area contributed by atoms with Gasteiger partial charge in [-0.1, -0.05) is 76.9 Å². The lowest BCUT2D eigenvalue weighted by atomic mass is 9.87. The second kappa shape index (κ2) is 12.9. The highest BCUT2D eigenvalue weighted by Crippen LogP contribution is 2.36. The van der Waals surface area contributed by atoms with Gasteiger partial charge in [-0.05, 0) is 96.0 Å². The third-order valence-electron chi connectivity index (χ3n) is 8.99. The van der Waals surface area contributed by atoms with E-state index in [2.05, 4.69) is 112 Å². The Morgan fingerprint density at radius 3 is 2.23 bits per heavy atom. The standard InChI is InChI=1S/C42H42N4O/c1-6-11-30-22-32(28(3)4)23-31(12-7-2)42(30)33-26-44-45(27-33)34-13-10-14-35(24-34)47-36-17-18-38-37-15-8-9-16-39(37)46(40(38)25-36)41-21-29(5)19-20-43-41/h8-10,13-28H,6-7,11-12H2,1-5H3. The van der Waals surface area contributed by atoms with Crippen LogP contribution in [0.2, 0.25) is 0 Å². The maximum atomic E-state index is 6.51. The number of aromatic nitrogens is 4. The third kappa shape index (κ3) is 5.94. The maximum absolute atomic E-state index is 6.51. The van der Waals surface area contributed by atoms with Gasteiger partial charge >= 0.3 is 0 Å².